The molecular weight excluding hydrogens is 226 g/mol. The van der Waals surface area contributed by atoms with E-state index >= 15 is 0 Å². The third kappa shape index (κ3) is 1.65. The topological polar surface area (TPSA) is 61.8 Å². The van der Waals surface area contributed by atoms with Crippen LogP contribution in [-0.2, 0) is 0 Å². The van der Waals surface area contributed by atoms with Crippen LogP contribution in [0.2, 0.25) is 0 Å². The summed E-state index contributed by atoms with van der Waals surface area (Å²) in [6, 6.07) is 10.3. The van der Waals surface area contributed by atoms with Crippen molar-refractivity contribution in [2.24, 2.45) is 5.92 Å². The van der Waals surface area contributed by atoms with Gasteiger partial charge < -0.3 is 5.11 Å². The lowest BCUT2D eigenvalue weighted by atomic mass is 10.1. The highest BCUT2D eigenvalue weighted by molar-refractivity contribution is 5.68. The molecule has 89 valence electrons. The van der Waals surface area contributed by atoms with E-state index in [9.17, 15) is 5.11 Å². The van der Waals surface area contributed by atoms with Gasteiger partial charge in [-0.25, -0.2) is 4.68 Å². The Bertz CT molecular complexity index is 621. The highest BCUT2D eigenvalue weighted by Crippen LogP contribution is 2.44. The molecule has 1 aromatic heterocycles. The first-order valence-corrected chi connectivity index (χ1v) is 5.84. The lowest BCUT2D eigenvalue weighted by Crippen LogP contribution is -1.97. The lowest BCUT2D eigenvalue weighted by molar-refractivity contribution is 0.423. The third-order valence-corrected chi connectivity index (χ3v) is 3.26. The second-order valence-corrected chi connectivity index (χ2v) is 4.58. The van der Waals surface area contributed by atoms with Crippen LogP contribution in [0.3, 0.4) is 0 Å². The maximum atomic E-state index is 10.2. The van der Waals surface area contributed by atoms with Crippen molar-refractivity contribution >= 4 is 0 Å². The SMILES string of the molecule is CC1C[C]1n1ncc(-c2ccc(C#N)cc2)c1O. The molecule has 1 atom stereocenters. The predicted octanol–water partition coefficient (Wildman–Crippen LogP) is 2.55. The summed E-state index contributed by atoms with van der Waals surface area (Å²) in [5.74, 6) is 0.684. The summed E-state index contributed by atoms with van der Waals surface area (Å²) >= 11 is 0. The van der Waals surface area contributed by atoms with E-state index in [1.54, 1.807) is 23.0 Å². The average Bonchev–Trinajstić information content (AvgIpc) is 2.99. The van der Waals surface area contributed by atoms with E-state index in [1.165, 1.54) is 0 Å². The molecule has 1 heterocycles. The first kappa shape index (κ1) is 10.8. The average molecular weight is 238 g/mol. The van der Waals surface area contributed by atoms with Crippen LogP contribution in [-0.4, -0.2) is 14.9 Å². The summed E-state index contributed by atoms with van der Waals surface area (Å²) in [6.07, 6.45) is 2.65. The molecule has 0 aliphatic heterocycles. The van der Waals surface area contributed by atoms with Crippen molar-refractivity contribution in [3.8, 4) is 23.1 Å². The molecule has 1 aliphatic carbocycles. The number of aromatic nitrogens is 2. The zero-order valence-corrected chi connectivity index (χ0v) is 9.96. The highest BCUT2D eigenvalue weighted by Gasteiger charge is 2.38. The molecule has 18 heavy (non-hydrogen) atoms. The lowest BCUT2D eigenvalue weighted by Gasteiger charge is -2.02. The van der Waals surface area contributed by atoms with E-state index in [2.05, 4.69) is 18.1 Å². The summed E-state index contributed by atoms with van der Waals surface area (Å²) in [5.41, 5.74) is 2.17. The van der Waals surface area contributed by atoms with Crippen LogP contribution in [0.1, 0.15) is 18.9 Å². The van der Waals surface area contributed by atoms with Crippen molar-refractivity contribution in [3.63, 3.8) is 0 Å². The molecule has 1 N–H and O–H groups in total. The minimum atomic E-state index is 0.180. The quantitative estimate of drug-likeness (QED) is 0.874. The van der Waals surface area contributed by atoms with Gasteiger partial charge in [0.1, 0.15) is 0 Å². The Hall–Kier alpha value is -2.28. The Labute approximate surface area is 105 Å². The monoisotopic (exact) mass is 238 g/mol. The second kappa shape index (κ2) is 3.88. The summed E-state index contributed by atoms with van der Waals surface area (Å²) < 4.78 is 1.61. The van der Waals surface area contributed by atoms with E-state index in [0.717, 1.165) is 18.0 Å². The van der Waals surface area contributed by atoms with Crippen LogP contribution in [0.25, 0.3) is 11.1 Å². The van der Waals surface area contributed by atoms with Gasteiger partial charge in [-0.2, -0.15) is 10.4 Å². The zero-order chi connectivity index (χ0) is 12.7. The molecule has 1 unspecified atom stereocenters. The van der Waals surface area contributed by atoms with Crippen LogP contribution in [0, 0.1) is 23.3 Å². The predicted molar refractivity (Wildman–Crippen MR) is 66.5 cm³/mol. The Balaban J connectivity index is 1.97. The smallest absolute Gasteiger partial charge is 0.218 e. The largest absolute Gasteiger partial charge is 0.493 e. The number of nitrogens with zero attached hydrogens (tertiary/aromatic N) is 3. The molecule has 0 saturated heterocycles. The van der Waals surface area contributed by atoms with Crippen LogP contribution >= 0.6 is 0 Å². The van der Waals surface area contributed by atoms with Gasteiger partial charge in [-0.05, 0) is 30.0 Å². The van der Waals surface area contributed by atoms with Crippen LogP contribution < -0.4 is 0 Å². The van der Waals surface area contributed by atoms with E-state index in [1.807, 2.05) is 12.1 Å². The number of hydrogen-bond donors (Lipinski definition) is 1. The van der Waals surface area contributed by atoms with Crippen molar-refractivity contribution in [1.82, 2.24) is 9.78 Å². The van der Waals surface area contributed by atoms with Crippen LogP contribution in [0.4, 0.5) is 0 Å². The van der Waals surface area contributed by atoms with Gasteiger partial charge in [0, 0.05) is 0 Å². The molecule has 2 aromatic rings. The highest BCUT2D eigenvalue weighted by atomic mass is 16.3. The number of rotatable bonds is 2. The molecule has 1 radical (unpaired) electrons. The van der Waals surface area contributed by atoms with Crippen LogP contribution in [0.5, 0.6) is 5.88 Å². The van der Waals surface area contributed by atoms with Gasteiger partial charge in [-0.1, -0.05) is 19.1 Å². The third-order valence-electron chi connectivity index (χ3n) is 3.26. The van der Waals surface area contributed by atoms with Crippen molar-refractivity contribution < 1.29 is 5.11 Å². The van der Waals surface area contributed by atoms with Crippen molar-refractivity contribution in [2.45, 2.75) is 13.3 Å². The number of aromatic hydroxyl groups is 1. The second-order valence-electron chi connectivity index (χ2n) is 4.58. The first-order chi connectivity index (χ1) is 8.70. The Morgan fingerprint density at radius 1 is 1.39 bits per heavy atom. The van der Waals surface area contributed by atoms with Gasteiger partial charge in [0.2, 0.25) is 5.88 Å². The maximum Gasteiger partial charge on any atom is 0.218 e. The van der Waals surface area contributed by atoms with Crippen molar-refractivity contribution in [3.05, 3.63) is 42.1 Å². The molecule has 0 amide bonds. The van der Waals surface area contributed by atoms with Crippen molar-refractivity contribution in [2.75, 3.05) is 0 Å². The van der Waals surface area contributed by atoms with Gasteiger partial charge in [-0.15, -0.1) is 0 Å². The standard InChI is InChI=1S/C14H12N3O/c1-9-6-13(9)17-14(18)12(8-16-17)11-4-2-10(7-15)3-5-11/h2-5,8-9,18H,6H2,1H3. The van der Waals surface area contributed by atoms with Gasteiger partial charge in [0.25, 0.3) is 0 Å². The van der Waals surface area contributed by atoms with E-state index < -0.39 is 0 Å². The minimum absolute atomic E-state index is 0.180. The summed E-state index contributed by atoms with van der Waals surface area (Å²) in [6.45, 7) is 2.11. The molecule has 1 aromatic carbocycles. The molecule has 1 aliphatic rings. The molecule has 1 saturated carbocycles. The van der Waals surface area contributed by atoms with E-state index in [4.69, 9.17) is 5.26 Å². The molecule has 4 nitrogen and oxygen atoms in total. The number of hydrogen-bond acceptors (Lipinski definition) is 3. The molecular formula is C14H12N3O. The van der Waals surface area contributed by atoms with Gasteiger partial charge >= 0.3 is 0 Å². The van der Waals surface area contributed by atoms with Gasteiger partial charge in [0.15, 0.2) is 0 Å². The first-order valence-electron chi connectivity index (χ1n) is 5.84. The normalized spacial score (nSPS) is 18.6. The molecule has 3 rings (SSSR count). The zero-order valence-electron chi connectivity index (χ0n) is 9.96. The Kier molecular flexibility index (Phi) is 2.34. The molecule has 0 bridgehead atoms. The number of benzene rings is 1. The fraction of sp³-hybridized carbons (Fsp3) is 0.214. The van der Waals surface area contributed by atoms with Gasteiger partial charge in [-0.3, -0.25) is 0 Å². The minimum Gasteiger partial charge on any atom is -0.493 e. The summed E-state index contributed by atoms with van der Waals surface area (Å²) in [7, 11) is 0. The molecule has 1 fully saturated rings. The fourth-order valence-electron chi connectivity index (χ4n) is 2.03. The van der Waals surface area contributed by atoms with Crippen molar-refractivity contribution in [1.29, 1.82) is 5.26 Å². The van der Waals surface area contributed by atoms with E-state index in [0.29, 0.717) is 17.0 Å². The van der Waals surface area contributed by atoms with Crippen LogP contribution in [0.15, 0.2) is 30.5 Å². The Morgan fingerprint density at radius 2 is 2.06 bits per heavy atom. The fourth-order valence-corrected chi connectivity index (χ4v) is 2.03. The molecule has 4 heteroatoms. The summed E-state index contributed by atoms with van der Waals surface area (Å²) in [5, 5.41) is 23.1. The molecule has 0 spiro atoms. The van der Waals surface area contributed by atoms with Gasteiger partial charge in [0.05, 0.1) is 29.4 Å². The van der Waals surface area contributed by atoms with E-state index in [-0.39, 0.29) is 5.88 Å². The Morgan fingerprint density at radius 3 is 2.61 bits per heavy atom. The maximum absolute atomic E-state index is 10.2. The summed E-state index contributed by atoms with van der Waals surface area (Å²) in [4.78, 5) is 0. The number of nitriles is 1.